The molecule has 1 saturated heterocycles. The molecule has 9 heteroatoms. The van der Waals surface area contributed by atoms with Crippen molar-refractivity contribution in [3.63, 3.8) is 0 Å². The van der Waals surface area contributed by atoms with E-state index >= 15 is 0 Å². The predicted molar refractivity (Wildman–Crippen MR) is 113 cm³/mol. The molecule has 0 aliphatic carbocycles. The van der Waals surface area contributed by atoms with Crippen LogP contribution in [0.5, 0.6) is 5.75 Å². The van der Waals surface area contributed by atoms with Gasteiger partial charge in [0.05, 0.1) is 5.92 Å². The van der Waals surface area contributed by atoms with Crippen LogP contribution in [0.2, 0.25) is 0 Å². The zero-order valence-electron chi connectivity index (χ0n) is 18.0. The Labute approximate surface area is 181 Å². The van der Waals surface area contributed by atoms with E-state index in [1.54, 1.807) is 13.8 Å². The maximum atomic E-state index is 12.3. The van der Waals surface area contributed by atoms with E-state index in [0.29, 0.717) is 0 Å². The van der Waals surface area contributed by atoms with Crippen molar-refractivity contribution in [1.29, 1.82) is 0 Å². The normalized spacial score (nSPS) is 18.0. The summed E-state index contributed by atoms with van der Waals surface area (Å²) in [6.45, 7) is 5.70. The minimum atomic E-state index is -3.12. The molecule has 0 saturated carbocycles. The number of carboxylic acids is 3. The molecular formula is C22H33NO8. The van der Waals surface area contributed by atoms with E-state index in [9.17, 15) is 39.9 Å². The maximum absolute atomic E-state index is 12.3. The summed E-state index contributed by atoms with van der Waals surface area (Å²) < 4.78 is 0. The third-order valence-corrected chi connectivity index (χ3v) is 5.64. The zero-order valence-corrected chi connectivity index (χ0v) is 18.0. The van der Waals surface area contributed by atoms with Crippen molar-refractivity contribution >= 4 is 17.9 Å². The molecule has 0 aromatic heterocycles. The Morgan fingerprint density at radius 2 is 1.65 bits per heavy atom. The minimum Gasteiger partial charge on any atom is -0.508 e. The van der Waals surface area contributed by atoms with Crippen LogP contribution < -0.4 is 5.32 Å². The van der Waals surface area contributed by atoms with Crippen molar-refractivity contribution in [3.05, 3.63) is 29.8 Å². The fourth-order valence-electron chi connectivity index (χ4n) is 4.15. The highest BCUT2D eigenvalue weighted by Gasteiger charge is 2.66. The first-order chi connectivity index (χ1) is 14.6. The highest BCUT2D eigenvalue weighted by atomic mass is 16.4. The molecule has 0 bridgehead atoms. The van der Waals surface area contributed by atoms with Crippen LogP contribution in [-0.4, -0.2) is 62.1 Å². The molecule has 3 atom stereocenters. The van der Waals surface area contributed by atoms with Crippen LogP contribution in [0.25, 0.3) is 0 Å². The van der Waals surface area contributed by atoms with Crippen molar-refractivity contribution in [2.45, 2.75) is 63.4 Å². The summed E-state index contributed by atoms with van der Waals surface area (Å²) in [4.78, 5) is 36.1. The van der Waals surface area contributed by atoms with E-state index < -0.39 is 34.8 Å². The first-order valence-corrected chi connectivity index (χ1v) is 10.5. The largest absolute Gasteiger partial charge is 0.508 e. The van der Waals surface area contributed by atoms with Gasteiger partial charge >= 0.3 is 17.9 Å². The van der Waals surface area contributed by atoms with Gasteiger partial charge in [0, 0.05) is 0 Å². The molecule has 1 fully saturated rings. The number of nitrogens with one attached hydrogen (secondary N) is 1. The molecule has 1 aromatic rings. The highest BCUT2D eigenvalue weighted by molar-refractivity contribution is 5.97. The summed E-state index contributed by atoms with van der Waals surface area (Å²) in [5.74, 6) is -7.37. The molecule has 0 spiro atoms. The van der Waals surface area contributed by atoms with Gasteiger partial charge in [0.2, 0.25) is 0 Å². The van der Waals surface area contributed by atoms with Gasteiger partial charge in [0.1, 0.15) is 11.2 Å². The summed E-state index contributed by atoms with van der Waals surface area (Å²) in [7, 11) is 0. The second-order valence-corrected chi connectivity index (χ2v) is 7.72. The molecule has 9 nitrogen and oxygen atoms in total. The molecular weight excluding hydrogens is 406 g/mol. The number of aromatic hydroxyl groups is 1. The van der Waals surface area contributed by atoms with E-state index in [1.165, 1.54) is 44.1 Å². The summed E-state index contributed by atoms with van der Waals surface area (Å²) in [6.07, 6.45) is 2.61. The van der Waals surface area contributed by atoms with E-state index in [2.05, 4.69) is 5.32 Å². The van der Waals surface area contributed by atoms with Crippen LogP contribution in [0.3, 0.4) is 0 Å². The van der Waals surface area contributed by atoms with Gasteiger partial charge in [-0.25, -0.2) is 4.79 Å². The fourth-order valence-corrected chi connectivity index (χ4v) is 4.15. The quantitative estimate of drug-likeness (QED) is 0.320. The molecule has 1 aliphatic heterocycles. The number of carbonyl (C=O) groups is 3. The summed E-state index contributed by atoms with van der Waals surface area (Å²) in [6, 6.07) is 4.89. The number of rotatable bonds is 10. The Kier molecular flexibility index (Phi) is 9.93. The third-order valence-electron chi connectivity index (χ3n) is 5.64. The molecule has 0 amide bonds. The van der Waals surface area contributed by atoms with Crippen LogP contribution in [0.15, 0.2) is 24.3 Å². The number of hydrogen-bond donors (Lipinski definition) is 6. The van der Waals surface area contributed by atoms with E-state index in [1.807, 2.05) is 0 Å². The van der Waals surface area contributed by atoms with Gasteiger partial charge < -0.3 is 30.8 Å². The average molecular weight is 440 g/mol. The van der Waals surface area contributed by atoms with E-state index in [4.69, 9.17) is 0 Å². The second-order valence-electron chi connectivity index (χ2n) is 7.72. The van der Waals surface area contributed by atoms with E-state index in [0.717, 1.165) is 6.07 Å². The van der Waals surface area contributed by atoms with Gasteiger partial charge in [-0.15, -0.1) is 0 Å². The number of aliphatic hydroxyl groups is 1. The number of aliphatic carboxylic acids is 3. The SMILES string of the molecule is C1CCNC1.CCCC(C(=O)O)C(O)(C(=O)O)C(CCC)(C(=O)O)c1cccc(O)c1. The van der Waals surface area contributed by atoms with Crippen molar-refractivity contribution < 1.29 is 39.9 Å². The molecule has 1 aromatic carbocycles. The Morgan fingerprint density at radius 1 is 1.03 bits per heavy atom. The topological polar surface area (TPSA) is 164 Å². The number of benzene rings is 1. The molecule has 3 unspecified atom stereocenters. The Morgan fingerprint density at radius 3 is 2.00 bits per heavy atom. The molecule has 1 heterocycles. The predicted octanol–water partition coefficient (Wildman–Crippen LogP) is 2.20. The molecule has 6 N–H and O–H groups in total. The van der Waals surface area contributed by atoms with Crippen molar-refractivity contribution in [3.8, 4) is 5.75 Å². The molecule has 31 heavy (non-hydrogen) atoms. The lowest BCUT2D eigenvalue weighted by Crippen LogP contribution is -2.66. The van der Waals surface area contributed by atoms with Crippen LogP contribution in [-0.2, 0) is 19.8 Å². The van der Waals surface area contributed by atoms with Crippen LogP contribution in [0.4, 0.5) is 0 Å². The third kappa shape index (κ3) is 5.54. The van der Waals surface area contributed by atoms with Gasteiger partial charge in [-0.05, 0) is 56.5 Å². The highest BCUT2D eigenvalue weighted by Crippen LogP contribution is 2.46. The van der Waals surface area contributed by atoms with Crippen molar-refractivity contribution in [2.24, 2.45) is 5.92 Å². The molecule has 0 radical (unpaired) electrons. The average Bonchev–Trinajstić information content (AvgIpc) is 3.29. The maximum Gasteiger partial charge on any atom is 0.338 e. The van der Waals surface area contributed by atoms with E-state index in [-0.39, 0.29) is 37.0 Å². The zero-order chi connectivity index (χ0) is 23.7. The number of phenols is 1. The smallest absolute Gasteiger partial charge is 0.338 e. The molecule has 1 aliphatic rings. The van der Waals surface area contributed by atoms with Gasteiger partial charge in [-0.2, -0.15) is 0 Å². The Bertz CT molecular complexity index is 756. The number of phenolic OH excluding ortho intramolecular Hbond substituents is 1. The summed E-state index contributed by atoms with van der Waals surface area (Å²) in [5, 5.41) is 53.4. The van der Waals surface area contributed by atoms with Gasteiger partial charge in [0.15, 0.2) is 5.60 Å². The van der Waals surface area contributed by atoms with Crippen LogP contribution in [0, 0.1) is 5.92 Å². The number of hydrogen-bond acceptors (Lipinski definition) is 6. The lowest BCUT2D eigenvalue weighted by molar-refractivity contribution is -0.194. The lowest BCUT2D eigenvalue weighted by Gasteiger charge is -2.44. The lowest BCUT2D eigenvalue weighted by atomic mass is 9.59. The minimum absolute atomic E-state index is 0.163. The van der Waals surface area contributed by atoms with Gasteiger partial charge in [-0.3, -0.25) is 9.59 Å². The molecule has 174 valence electrons. The second kappa shape index (κ2) is 11.7. The van der Waals surface area contributed by atoms with Crippen molar-refractivity contribution in [2.75, 3.05) is 13.1 Å². The van der Waals surface area contributed by atoms with Gasteiger partial charge in [-0.1, -0.05) is 38.8 Å². The van der Waals surface area contributed by atoms with Crippen LogP contribution in [0.1, 0.15) is 57.9 Å². The van der Waals surface area contributed by atoms with Gasteiger partial charge in [0.25, 0.3) is 0 Å². The standard InChI is InChI=1S/C18H24O8.C4H9N/c1-3-6-13(14(20)21)18(26,16(24)25)17(9-4-2,15(22)23)11-7-5-8-12(19)10-11;1-2-4-5-3-1/h5,7-8,10,13,19,26H,3-4,6,9H2,1-2H3,(H,20,21)(H,22,23)(H,24,25);5H,1-4H2. The first-order valence-electron chi connectivity index (χ1n) is 10.5. The molecule has 2 rings (SSSR count). The monoisotopic (exact) mass is 439 g/mol. The summed E-state index contributed by atoms with van der Waals surface area (Å²) in [5.41, 5.74) is -5.74. The van der Waals surface area contributed by atoms with Crippen molar-refractivity contribution in [1.82, 2.24) is 5.32 Å². The first kappa shape index (κ1) is 26.4. The number of carboxylic acid groups (broad SMARTS) is 3. The Hall–Kier alpha value is -2.65. The van der Waals surface area contributed by atoms with Crippen LogP contribution >= 0.6 is 0 Å². The Balaban J connectivity index is 0.000000836. The summed E-state index contributed by atoms with van der Waals surface area (Å²) >= 11 is 0. The fraction of sp³-hybridized carbons (Fsp3) is 0.591.